The van der Waals surface area contributed by atoms with Gasteiger partial charge >= 0.3 is 0 Å². The summed E-state index contributed by atoms with van der Waals surface area (Å²) in [5.74, 6) is -0.545. The van der Waals surface area contributed by atoms with Gasteiger partial charge in [-0.1, -0.05) is 48.5 Å². The van der Waals surface area contributed by atoms with Crippen LogP contribution in [0, 0.1) is 0 Å². The summed E-state index contributed by atoms with van der Waals surface area (Å²) in [7, 11) is 0. The van der Waals surface area contributed by atoms with Gasteiger partial charge in [-0.05, 0) is 70.3 Å². The molecule has 2 aliphatic heterocycles. The van der Waals surface area contributed by atoms with Crippen molar-refractivity contribution >= 4 is 56.4 Å². The van der Waals surface area contributed by atoms with Crippen LogP contribution in [0.1, 0.15) is 24.8 Å². The molecule has 0 saturated carbocycles. The Morgan fingerprint density at radius 1 is 0.903 bits per heavy atom. The smallest absolute Gasteiger partial charge is 0.294 e. The van der Waals surface area contributed by atoms with E-state index in [2.05, 4.69) is 6.07 Å². The van der Waals surface area contributed by atoms with Crippen molar-refractivity contribution in [1.82, 2.24) is 9.80 Å². The molecule has 0 spiro atoms. The maximum atomic E-state index is 13.1. The van der Waals surface area contributed by atoms with Crippen LogP contribution in [0.2, 0.25) is 0 Å². The number of nitrogens with zero attached hydrogens (tertiary/aromatic N) is 2. The highest BCUT2D eigenvalue weighted by Crippen LogP contribution is 2.36. The van der Waals surface area contributed by atoms with Gasteiger partial charge in [0.25, 0.3) is 11.1 Å². The van der Waals surface area contributed by atoms with Crippen molar-refractivity contribution in [2.45, 2.75) is 19.3 Å². The molecule has 0 aliphatic carbocycles. The van der Waals surface area contributed by atoms with Crippen molar-refractivity contribution in [3.63, 3.8) is 0 Å². The molecule has 6 heteroatoms. The summed E-state index contributed by atoms with van der Waals surface area (Å²) >= 11 is 0.910. The third kappa shape index (κ3) is 3.72. The van der Waals surface area contributed by atoms with Crippen LogP contribution in [-0.4, -0.2) is 46.5 Å². The summed E-state index contributed by atoms with van der Waals surface area (Å²) in [6.45, 7) is 1.22. The van der Waals surface area contributed by atoms with Crippen LogP contribution in [0.4, 0.5) is 4.79 Å². The molecule has 2 saturated heterocycles. The van der Waals surface area contributed by atoms with E-state index in [4.69, 9.17) is 0 Å². The van der Waals surface area contributed by atoms with Crippen LogP contribution in [0.25, 0.3) is 27.6 Å². The number of benzene rings is 3. The summed E-state index contributed by atoms with van der Waals surface area (Å²) in [5, 5.41) is 3.82. The lowest BCUT2D eigenvalue weighted by Gasteiger charge is -2.27. The number of piperidine rings is 1. The largest absolute Gasteiger partial charge is 0.341 e. The van der Waals surface area contributed by atoms with E-state index in [-0.39, 0.29) is 17.7 Å². The SMILES string of the molecule is O=C(CN1C(=O)S/C(=C/c2c3ccccc3cc3ccccc23)C1=O)N1CCCCC1. The molecule has 3 amide bonds. The zero-order valence-electron chi connectivity index (χ0n) is 17.0. The number of rotatable bonds is 3. The lowest BCUT2D eigenvalue weighted by atomic mass is 9.96. The van der Waals surface area contributed by atoms with E-state index in [1.165, 1.54) is 0 Å². The summed E-state index contributed by atoms with van der Waals surface area (Å²) in [6.07, 6.45) is 4.87. The molecule has 0 atom stereocenters. The first-order chi connectivity index (χ1) is 15.1. The number of hydrogen-bond donors (Lipinski definition) is 0. The molecule has 5 nitrogen and oxygen atoms in total. The Morgan fingerprint density at radius 3 is 2.16 bits per heavy atom. The van der Waals surface area contributed by atoms with Crippen molar-refractivity contribution < 1.29 is 14.4 Å². The van der Waals surface area contributed by atoms with E-state index in [0.29, 0.717) is 18.0 Å². The second-order valence-corrected chi connectivity index (χ2v) is 8.94. The van der Waals surface area contributed by atoms with E-state index >= 15 is 0 Å². The molecule has 2 heterocycles. The average molecular weight is 431 g/mol. The van der Waals surface area contributed by atoms with Crippen molar-refractivity contribution in [3.05, 3.63) is 65.1 Å². The van der Waals surface area contributed by atoms with Crippen LogP contribution >= 0.6 is 11.8 Å². The Hall–Kier alpha value is -3.12. The lowest BCUT2D eigenvalue weighted by molar-refractivity contribution is -0.136. The number of likely N-dealkylation sites (tertiary alicyclic amines) is 1. The average Bonchev–Trinajstić information content (AvgIpc) is 3.06. The zero-order valence-corrected chi connectivity index (χ0v) is 17.9. The maximum Gasteiger partial charge on any atom is 0.294 e. The van der Waals surface area contributed by atoms with Crippen molar-refractivity contribution in [2.24, 2.45) is 0 Å². The molecule has 0 N–H and O–H groups in total. The van der Waals surface area contributed by atoms with Gasteiger partial charge in [-0.15, -0.1) is 0 Å². The second kappa shape index (κ2) is 8.19. The zero-order chi connectivity index (χ0) is 21.4. The first kappa shape index (κ1) is 19.8. The first-order valence-electron chi connectivity index (χ1n) is 10.6. The summed E-state index contributed by atoms with van der Waals surface area (Å²) in [5.41, 5.74) is 0.918. The van der Waals surface area contributed by atoms with Gasteiger partial charge in [0.15, 0.2) is 0 Å². The minimum Gasteiger partial charge on any atom is -0.341 e. The predicted molar refractivity (Wildman–Crippen MR) is 125 cm³/mol. The van der Waals surface area contributed by atoms with Crippen LogP contribution < -0.4 is 0 Å². The number of carbonyl (C=O) groups excluding carboxylic acids is 3. The Morgan fingerprint density at radius 2 is 1.52 bits per heavy atom. The molecule has 31 heavy (non-hydrogen) atoms. The third-order valence-corrected chi connectivity index (χ3v) is 6.87. The van der Waals surface area contributed by atoms with Gasteiger partial charge in [-0.25, -0.2) is 0 Å². The number of thioether (sulfide) groups is 1. The standard InChI is InChI=1S/C25H22N2O3S/c28-23(26-12-6-1-7-13-26)16-27-24(29)22(31-25(27)30)15-21-19-10-4-2-8-17(19)14-18-9-3-5-11-20(18)21/h2-5,8-11,14-15H,1,6-7,12-13,16H2/b22-15+. The van der Waals surface area contributed by atoms with Crippen LogP contribution in [0.15, 0.2) is 59.5 Å². The second-order valence-electron chi connectivity index (χ2n) is 7.94. The summed E-state index contributed by atoms with van der Waals surface area (Å²) in [4.78, 5) is 41.5. The molecule has 0 unspecified atom stereocenters. The number of amides is 3. The first-order valence-corrected chi connectivity index (χ1v) is 11.4. The van der Waals surface area contributed by atoms with Crippen molar-refractivity contribution in [3.8, 4) is 0 Å². The minimum atomic E-state index is -0.391. The van der Waals surface area contributed by atoms with Gasteiger partial charge in [0.1, 0.15) is 6.54 Å². The van der Waals surface area contributed by atoms with E-state index < -0.39 is 5.91 Å². The van der Waals surface area contributed by atoms with E-state index in [1.54, 1.807) is 11.0 Å². The fourth-order valence-electron chi connectivity index (χ4n) is 4.35. The molecule has 2 aliphatic rings. The highest BCUT2D eigenvalue weighted by Gasteiger charge is 2.37. The fourth-order valence-corrected chi connectivity index (χ4v) is 5.17. The van der Waals surface area contributed by atoms with Gasteiger partial charge in [-0.2, -0.15) is 0 Å². The maximum absolute atomic E-state index is 13.1. The molecule has 0 bridgehead atoms. The van der Waals surface area contributed by atoms with E-state index in [1.807, 2.05) is 48.5 Å². The molecule has 0 radical (unpaired) electrons. The molecular weight excluding hydrogens is 408 g/mol. The van der Waals surface area contributed by atoms with Gasteiger partial charge in [-0.3, -0.25) is 19.3 Å². The molecule has 5 rings (SSSR count). The number of imide groups is 1. The third-order valence-electron chi connectivity index (χ3n) is 5.96. The van der Waals surface area contributed by atoms with Crippen LogP contribution in [0.5, 0.6) is 0 Å². The highest BCUT2D eigenvalue weighted by atomic mass is 32.2. The van der Waals surface area contributed by atoms with E-state index in [9.17, 15) is 14.4 Å². The fraction of sp³-hybridized carbons (Fsp3) is 0.240. The van der Waals surface area contributed by atoms with Crippen molar-refractivity contribution in [2.75, 3.05) is 19.6 Å². The minimum absolute atomic E-state index is 0.154. The molecular formula is C25H22N2O3S. The lowest BCUT2D eigenvalue weighted by Crippen LogP contribution is -2.44. The van der Waals surface area contributed by atoms with Gasteiger partial charge in [0, 0.05) is 13.1 Å². The summed E-state index contributed by atoms with van der Waals surface area (Å²) < 4.78 is 0. The van der Waals surface area contributed by atoms with Crippen molar-refractivity contribution in [1.29, 1.82) is 0 Å². The van der Waals surface area contributed by atoms with E-state index in [0.717, 1.165) is 63.0 Å². The van der Waals surface area contributed by atoms with Gasteiger partial charge < -0.3 is 4.90 Å². The normalized spacial score (nSPS) is 18.5. The number of fused-ring (bicyclic) bond motifs is 2. The molecule has 3 aromatic carbocycles. The predicted octanol–water partition coefficient (Wildman–Crippen LogP) is 5.04. The Kier molecular flexibility index (Phi) is 5.24. The van der Waals surface area contributed by atoms with Gasteiger partial charge in [0.2, 0.25) is 5.91 Å². The molecule has 3 aromatic rings. The van der Waals surface area contributed by atoms with Gasteiger partial charge in [0.05, 0.1) is 4.91 Å². The Labute approximate surface area is 184 Å². The quantitative estimate of drug-likeness (QED) is 0.431. The molecule has 0 aromatic heterocycles. The molecule has 156 valence electrons. The monoisotopic (exact) mass is 430 g/mol. The van der Waals surface area contributed by atoms with Crippen LogP contribution in [-0.2, 0) is 9.59 Å². The van der Waals surface area contributed by atoms with Crippen LogP contribution in [0.3, 0.4) is 0 Å². The number of carbonyl (C=O) groups is 3. The highest BCUT2D eigenvalue weighted by molar-refractivity contribution is 8.18. The number of hydrogen-bond acceptors (Lipinski definition) is 4. The molecule has 2 fully saturated rings. The Bertz CT molecular complexity index is 1190. The summed E-state index contributed by atoms with van der Waals surface area (Å²) in [6, 6.07) is 18.2. The topological polar surface area (TPSA) is 57.7 Å². The Balaban J connectivity index is 1.50.